The maximum atomic E-state index is 13.9. The zero-order valence-corrected chi connectivity index (χ0v) is 18.4. The molecule has 1 aromatic rings. The molecule has 3 heterocycles. The van der Waals surface area contributed by atoms with E-state index < -0.39 is 29.6 Å². The monoisotopic (exact) mass is 440 g/mol. The van der Waals surface area contributed by atoms with Crippen LogP contribution < -0.4 is 4.74 Å². The van der Waals surface area contributed by atoms with Crippen molar-refractivity contribution in [2.24, 2.45) is 5.92 Å². The van der Waals surface area contributed by atoms with Crippen molar-refractivity contribution < 1.29 is 28.7 Å². The van der Waals surface area contributed by atoms with Crippen molar-refractivity contribution in [2.45, 2.75) is 75.7 Å². The third-order valence-electron chi connectivity index (χ3n) is 7.58. The van der Waals surface area contributed by atoms with Crippen LogP contribution in [0.4, 0.5) is 0 Å². The highest BCUT2D eigenvalue weighted by Crippen LogP contribution is 2.55. The number of esters is 1. The third-order valence-corrected chi connectivity index (χ3v) is 7.58. The number of methoxy groups -OCH3 is 1. The molecule has 8 nitrogen and oxygen atoms in total. The van der Waals surface area contributed by atoms with Crippen LogP contribution in [0.5, 0.6) is 5.75 Å². The molecular weight excluding hydrogens is 412 g/mol. The van der Waals surface area contributed by atoms with Gasteiger partial charge in [-0.2, -0.15) is 0 Å². The number of carbonyl (C=O) groups is 4. The van der Waals surface area contributed by atoms with Gasteiger partial charge in [-0.1, -0.05) is 25.0 Å². The first-order valence-electron chi connectivity index (χ1n) is 11.3. The lowest BCUT2D eigenvalue weighted by atomic mass is 9.79. The predicted octanol–water partition coefficient (Wildman–Crippen LogP) is 1.84. The number of Topliss-reactive ketones (excluding diaryl/α,β-unsaturated/α-hetero) is 1. The number of benzene rings is 1. The molecule has 3 aliphatic heterocycles. The van der Waals surface area contributed by atoms with Gasteiger partial charge in [0.2, 0.25) is 11.8 Å². The molecule has 0 N–H and O–H groups in total. The number of likely N-dealkylation sites (tertiary alicyclic amines) is 2. The molecule has 0 bridgehead atoms. The number of nitrogens with zero attached hydrogens (tertiary/aromatic N) is 2. The Morgan fingerprint density at radius 2 is 1.81 bits per heavy atom. The molecule has 32 heavy (non-hydrogen) atoms. The first-order valence-corrected chi connectivity index (χ1v) is 11.3. The van der Waals surface area contributed by atoms with Gasteiger partial charge >= 0.3 is 5.97 Å². The fraction of sp³-hybridized carbons (Fsp3) is 0.583. The maximum absolute atomic E-state index is 13.9. The van der Waals surface area contributed by atoms with E-state index in [0.29, 0.717) is 5.75 Å². The second kappa shape index (κ2) is 7.60. The number of amides is 2. The van der Waals surface area contributed by atoms with E-state index in [1.54, 1.807) is 16.9 Å². The van der Waals surface area contributed by atoms with E-state index in [0.717, 1.165) is 31.2 Å². The Bertz CT molecular complexity index is 969. The van der Waals surface area contributed by atoms with Crippen molar-refractivity contribution in [3.63, 3.8) is 0 Å². The van der Waals surface area contributed by atoms with E-state index in [2.05, 4.69) is 0 Å². The normalized spacial score (nSPS) is 31.8. The van der Waals surface area contributed by atoms with Gasteiger partial charge < -0.3 is 19.3 Å². The summed E-state index contributed by atoms with van der Waals surface area (Å²) in [4.78, 5) is 55.4. The molecule has 0 aromatic heterocycles. The maximum Gasteiger partial charge on any atom is 0.307 e. The molecule has 2 amide bonds. The molecule has 1 aromatic carbocycles. The molecule has 1 spiro atoms. The standard InChI is InChI=1S/C24H28N2O6/c1-14(27)11-19-24-18(12-20(28)32-24)22(29)25(13-15-7-9-17(31-2)10-8-15)21(24)23(30)26(19)16-5-3-4-6-16/h7-10,16,18-19,21H,3-6,11-13H2,1-2H3. The van der Waals surface area contributed by atoms with E-state index in [1.165, 1.54) is 6.92 Å². The van der Waals surface area contributed by atoms with Gasteiger partial charge in [0.1, 0.15) is 11.5 Å². The highest BCUT2D eigenvalue weighted by atomic mass is 16.6. The van der Waals surface area contributed by atoms with Gasteiger partial charge in [0, 0.05) is 19.0 Å². The summed E-state index contributed by atoms with van der Waals surface area (Å²) in [7, 11) is 1.59. The summed E-state index contributed by atoms with van der Waals surface area (Å²) < 4.78 is 11.1. The summed E-state index contributed by atoms with van der Waals surface area (Å²) in [5, 5.41) is 0. The minimum absolute atomic E-state index is 0.0183. The Morgan fingerprint density at radius 1 is 1.12 bits per heavy atom. The molecule has 1 aliphatic carbocycles. The Labute approximate surface area is 186 Å². The van der Waals surface area contributed by atoms with Crippen molar-refractivity contribution in [3.8, 4) is 5.75 Å². The predicted molar refractivity (Wildman–Crippen MR) is 112 cm³/mol. The Balaban J connectivity index is 1.56. The number of hydrogen-bond donors (Lipinski definition) is 0. The fourth-order valence-corrected chi connectivity index (χ4v) is 6.30. The third kappa shape index (κ3) is 2.95. The SMILES string of the molecule is COc1ccc(CN2C(=O)C3CC(=O)OC34C2C(=O)N(C2CCCC2)C4CC(C)=O)cc1. The smallest absolute Gasteiger partial charge is 0.307 e. The Kier molecular flexibility index (Phi) is 4.98. The first kappa shape index (κ1) is 21.0. The largest absolute Gasteiger partial charge is 0.497 e. The van der Waals surface area contributed by atoms with Crippen LogP contribution >= 0.6 is 0 Å². The van der Waals surface area contributed by atoms with Crippen LogP contribution in [0, 0.1) is 5.92 Å². The minimum Gasteiger partial charge on any atom is -0.497 e. The summed E-state index contributed by atoms with van der Waals surface area (Å²) in [5.74, 6) is -1.02. The zero-order chi connectivity index (χ0) is 22.6. The molecule has 5 rings (SSSR count). The highest BCUT2D eigenvalue weighted by Gasteiger charge is 2.77. The van der Waals surface area contributed by atoms with Crippen molar-refractivity contribution >= 4 is 23.6 Å². The van der Waals surface area contributed by atoms with Gasteiger partial charge in [-0.15, -0.1) is 0 Å². The Morgan fingerprint density at radius 3 is 2.44 bits per heavy atom. The van der Waals surface area contributed by atoms with Crippen molar-refractivity contribution in [3.05, 3.63) is 29.8 Å². The molecule has 4 atom stereocenters. The molecule has 1 saturated carbocycles. The molecule has 3 saturated heterocycles. The molecule has 8 heteroatoms. The number of ether oxygens (including phenoxy) is 2. The molecule has 4 fully saturated rings. The summed E-state index contributed by atoms with van der Waals surface area (Å²) >= 11 is 0. The number of hydrogen-bond acceptors (Lipinski definition) is 6. The fourth-order valence-electron chi connectivity index (χ4n) is 6.30. The van der Waals surface area contributed by atoms with E-state index >= 15 is 0 Å². The summed E-state index contributed by atoms with van der Waals surface area (Å²) in [6, 6.07) is 5.88. The van der Waals surface area contributed by atoms with E-state index in [9.17, 15) is 19.2 Å². The Hall–Kier alpha value is -2.90. The quantitative estimate of drug-likeness (QED) is 0.627. The van der Waals surface area contributed by atoms with Crippen LogP contribution in [0.2, 0.25) is 0 Å². The summed E-state index contributed by atoms with van der Waals surface area (Å²) in [6.45, 7) is 1.72. The van der Waals surface area contributed by atoms with Gasteiger partial charge in [-0.25, -0.2) is 0 Å². The number of carbonyl (C=O) groups excluding carboxylic acids is 4. The van der Waals surface area contributed by atoms with E-state index in [-0.39, 0.29) is 43.0 Å². The van der Waals surface area contributed by atoms with Crippen LogP contribution in [0.15, 0.2) is 24.3 Å². The van der Waals surface area contributed by atoms with Crippen molar-refractivity contribution in [1.82, 2.24) is 9.80 Å². The summed E-state index contributed by atoms with van der Waals surface area (Å²) in [6.07, 6.45) is 3.83. The van der Waals surface area contributed by atoms with Gasteiger partial charge in [-0.3, -0.25) is 19.2 Å². The average molecular weight is 440 g/mol. The first-order chi connectivity index (χ1) is 15.4. The molecule has 4 unspecified atom stereocenters. The topological polar surface area (TPSA) is 93.2 Å². The molecular formula is C24H28N2O6. The second-order valence-corrected chi connectivity index (χ2v) is 9.41. The van der Waals surface area contributed by atoms with E-state index in [1.807, 2.05) is 24.3 Å². The van der Waals surface area contributed by atoms with Gasteiger partial charge in [0.05, 0.1) is 25.5 Å². The van der Waals surface area contributed by atoms with E-state index in [4.69, 9.17) is 9.47 Å². The molecule has 170 valence electrons. The number of ketones is 1. The lowest BCUT2D eigenvalue weighted by Gasteiger charge is -2.37. The summed E-state index contributed by atoms with van der Waals surface area (Å²) in [5.41, 5.74) is -0.428. The van der Waals surface area contributed by atoms with Crippen molar-refractivity contribution in [1.29, 1.82) is 0 Å². The van der Waals surface area contributed by atoms with Crippen LogP contribution in [-0.2, 0) is 30.5 Å². The zero-order valence-electron chi connectivity index (χ0n) is 18.4. The lowest BCUT2D eigenvalue weighted by molar-refractivity contribution is -0.154. The lowest BCUT2D eigenvalue weighted by Crippen LogP contribution is -2.53. The van der Waals surface area contributed by atoms with Gasteiger partial charge in [0.25, 0.3) is 0 Å². The molecule has 0 radical (unpaired) electrons. The minimum atomic E-state index is -1.29. The van der Waals surface area contributed by atoms with Crippen LogP contribution in [0.1, 0.15) is 51.0 Å². The van der Waals surface area contributed by atoms with Gasteiger partial charge in [-0.05, 0) is 37.5 Å². The van der Waals surface area contributed by atoms with Gasteiger partial charge in [0.15, 0.2) is 11.6 Å². The number of rotatable bonds is 6. The van der Waals surface area contributed by atoms with Crippen LogP contribution in [0.3, 0.4) is 0 Å². The van der Waals surface area contributed by atoms with Crippen LogP contribution in [-0.4, -0.2) is 64.2 Å². The second-order valence-electron chi connectivity index (χ2n) is 9.41. The van der Waals surface area contributed by atoms with Crippen LogP contribution in [0.25, 0.3) is 0 Å². The van der Waals surface area contributed by atoms with Crippen molar-refractivity contribution in [2.75, 3.05) is 7.11 Å². The average Bonchev–Trinajstić information content (AvgIpc) is 3.49. The molecule has 4 aliphatic rings. The highest BCUT2D eigenvalue weighted by molar-refractivity contribution is 6.02.